The van der Waals surface area contributed by atoms with Gasteiger partial charge in [-0.2, -0.15) is 5.10 Å². The Labute approximate surface area is 154 Å². The third-order valence-electron chi connectivity index (χ3n) is 4.91. The Morgan fingerprint density at radius 2 is 2.00 bits per heavy atom. The van der Waals surface area contributed by atoms with Gasteiger partial charge in [-0.1, -0.05) is 0 Å². The first kappa shape index (κ1) is 18.4. The van der Waals surface area contributed by atoms with Gasteiger partial charge in [0.25, 0.3) is 0 Å². The Kier molecular flexibility index (Phi) is 6.45. The number of aromatic nitrogens is 1. The molecule has 3 rings (SSSR count). The van der Waals surface area contributed by atoms with Gasteiger partial charge in [-0.3, -0.25) is 5.43 Å². The van der Waals surface area contributed by atoms with Crippen molar-refractivity contribution in [1.29, 1.82) is 0 Å². The number of hydrogen-bond donors (Lipinski definition) is 2. The molecule has 6 nitrogen and oxygen atoms in total. The molecule has 2 N–H and O–H groups in total. The standard InChI is InChI=1S/C18H28N4O2S/c1-13-9-15(14(2)22(13)12-17-6-4-8-24-17)10-20-21-18(25)19-11-16-5-3-7-23-16/h9-10,16-17H,3-8,11-12H2,1-2H3,(H2,19,21,25)/b20-10-/t16-,17+/m0/s1. The van der Waals surface area contributed by atoms with E-state index in [-0.39, 0.29) is 6.10 Å². The minimum atomic E-state index is 0.264. The van der Waals surface area contributed by atoms with Crippen LogP contribution in [-0.2, 0) is 16.0 Å². The third kappa shape index (κ3) is 5.03. The van der Waals surface area contributed by atoms with Gasteiger partial charge in [0.05, 0.1) is 18.4 Å². The molecule has 0 amide bonds. The Morgan fingerprint density at radius 1 is 1.28 bits per heavy atom. The average molecular weight is 365 g/mol. The highest BCUT2D eigenvalue weighted by atomic mass is 32.1. The third-order valence-corrected chi connectivity index (χ3v) is 5.14. The van der Waals surface area contributed by atoms with Crippen molar-refractivity contribution in [2.75, 3.05) is 19.8 Å². The molecule has 3 heterocycles. The molecule has 2 atom stereocenters. The molecular formula is C18H28N4O2S. The minimum Gasteiger partial charge on any atom is -0.376 e. The maximum absolute atomic E-state index is 5.76. The highest BCUT2D eigenvalue weighted by Crippen LogP contribution is 2.19. The lowest BCUT2D eigenvalue weighted by molar-refractivity contribution is 0.0962. The maximum atomic E-state index is 5.76. The molecule has 1 aromatic heterocycles. The number of rotatable bonds is 6. The summed E-state index contributed by atoms with van der Waals surface area (Å²) in [5, 5.41) is 7.95. The van der Waals surface area contributed by atoms with E-state index >= 15 is 0 Å². The molecule has 2 aliphatic rings. The molecular weight excluding hydrogens is 336 g/mol. The van der Waals surface area contributed by atoms with Gasteiger partial charge in [-0.15, -0.1) is 0 Å². The monoisotopic (exact) mass is 364 g/mol. The van der Waals surface area contributed by atoms with E-state index in [1.54, 1.807) is 0 Å². The molecule has 2 fully saturated rings. The van der Waals surface area contributed by atoms with Crippen LogP contribution in [0.5, 0.6) is 0 Å². The fourth-order valence-corrected chi connectivity index (χ4v) is 3.58. The molecule has 2 aliphatic heterocycles. The number of hydrazone groups is 1. The highest BCUT2D eigenvalue weighted by molar-refractivity contribution is 7.80. The predicted octanol–water partition coefficient (Wildman–Crippen LogP) is 2.26. The Bertz CT molecular complexity index is 617. The topological polar surface area (TPSA) is 59.8 Å². The van der Waals surface area contributed by atoms with E-state index in [1.165, 1.54) is 17.8 Å². The van der Waals surface area contributed by atoms with Crippen LogP contribution in [-0.4, -0.2) is 47.9 Å². The Balaban J connectivity index is 1.49. The number of ether oxygens (including phenoxy) is 2. The number of aryl methyl sites for hydroxylation is 1. The van der Waals surface area contributed by atoms with Gasteiger partial charge >= 0.3 is 0 Å². The molecule has 2 saturated heterocycles. The van der Waals surface area contributed by atoms with Crippen LogP contribution in [0.4, 0.5) is 0 Å². The van der Waals surface area contributed by atoms with E-state index in [9.17, 15) is 0 Å². The van der Waals surface area contributed by atoms with Gasteiger partial charge in [-0.25, -0.2) is 0 Å². The lowest BCUT2D eigenvalue weighted by Gasteiger charge is -2.14. The first-order chi connectivity index (χ1) is 12.1. The zero-order valence-electron chi connectivity index (χ0n) is 15.1. The Morgan fingerprint density at radius 3 is 2.68 bits per heavy atom. The molecule has 0 aromatic carbocycles. The van der Waals surface area contributed by atoms with Crippen LogP contribution in [0.25, 0.3) is 0 Å². The van der Waals surface area contributed by atoms with Crippen LogP contribution in [0.15, 0.2) is 11.2 Å². The fourth-order valence-electron chi connectivity index (χ4n) is 3.44. The van der Waals surface area contributed by atoms with E-state index in [0.717, 1.165) is 51.1 Å². The van der Waals surface area contributed by atoms with E-state index in [1.807, 2.05) is 6.21 Å². The number of nitrogens with zero attached hydrogens (tertiary/aromatic N) is 2. The molecule has 1 aromatic rings. The molecule has 25 heavy (non-hydrogen) atoms. The zero-order valence-corrected chi connectivity index (χ0v) is 15.9. The van der Waals surface area contributed by atoms with Crippen LogP contribution >= 0.6 is 12.2 Å². The van der Waals surface area contributed by atoms with Gasteiger partial charge in [-0.05, 0) is 57.8 Å². The first-order valence-corrected chi connectivity index (χ1v) is 9.51. The smallest absolute Gasteiger partial charge is 0.187 e. The Hall–Kier alpha value is -1.44. The summed E-state index contributed by atoms with van der Waals surface area (Å²) in [6, 6.07) is 2.15. The van der Waals surface area contributed by atoms with Crippen molar-refractivity contribution in [2.24, 2.45) is 5.10 Å². The SMILES string of the molecule is Cc1cc(/C=N\NC(=S)NC[C@@H]2CCCO2)c(C)n1C[C@H]1CCCO1. The summed E-state index contributed by atoms with van der Waals surface area (Å²) in [5.74, 6) is 0. The van der Waals surface area contributed by atoms with Crippen molar-refractivity contribution in [2.45, 2.75) is 58.3 Å². The van der Waals surface area contributed by atoms with E-state index < -0.39 is 0 Å². The van der Waals surface area contributed by atoms with Crippen molar-refractivity contribution in [1.82, 2.24) is 15.3 Å². The van der Waals surface area contributed by atoms with Crippen LogP contribution in [0, 0.1) is 13.8 Å². The fraction of sp³-hybridized carbons (Fsp3) is 0.667. The summed E-state index contributed by atoms with van der Waals surface area (Å²) in [4.78, 5) is 0. The average Bonchev–Trinajstić information content (AvgIpc) is 3.33. The number of thiocarbonyl (C=S) groups is 1. The van der Waals surface area contributed by atoms with Crippen molar-refractivity contribution in [3.05, 3.63) is 23.0 Å². The minimum absolute atomic E-state index is 0.264. The molecule has 7 heteroatoms. The van der Waals surface area contributed by atoms with Gasteiger partial charge in [0.2, 0.25) is 0 Å². The second-order valence-corrected chi connectivity index (χ2v) is 7.20. The molecule has 0 radical (unpaired) electrons. The lowest BCUT2D eigenvalue weighted by Crippen LogP contribution is -2.37. The van der Waals surface area contributed by atoms with Gasteiger partial charge in [0.15, 0.2) is 5.11 Å². The largest absolute Gasteiger partial charge is 0.376 e. The van der Waals surface area contributed by atoms with E-state index in [4.69, 9.17) is 21.7 Å². The van der Waals surface area contributed by atoms with Crippen molar-refractivity contribution in [3.8, 4) is 0 Å². The summed E-state index contributed by atoms with van der Waals surface area (Å²) in [6.07, 6.45) is 6.96. The van der Waals surface area contributed by atoms with Crippen LogP contribution < -0.4 is 10.7 Å². The lowest BCUT2D eigenvalue weighted by atomic mass is 10.2. The first-order valence-electron chi connectivity index (χ1n) is 9.10. The summed E-state index contributed by atoms with van der Waals surface area (Å²) >= 11 is 5.25. The molecule has 0 saturated carbocycles. The second kappa shape index (κ2) is 8.78. The summed E-state index contributed by atoms with van der Waals surface area (Å²) in [7, 11) is 0. The summed E-state index contributed by atoms with van der Waals surface area (Å²) < 4.78 is 13.6. The quantitative estimate of drug-likeness (QED) is 0.461. The van der Waals surface area contributed by atoms with Crippen LogP contribution in [0.3, 0.4) is 0 Å². The van der Waals surface area contributed by atoms with Crippen LogP contribution in [0.1, 0.15) is 42.6 Å². The van der Waals surface area contributed by atoms with Gasteiger partial charge < -0.3 is 19.4 Å². The molecule has 0 spiro atoms. The zero-order chi connectivity index (χ0) is 17.6. The normalized spacial score (nSPS) is 23.4. The molecule has 0 unspecified atom stereocenters. The maximum Gasteiger partial charge on any atom is 0.187 e. The van der Waals surface area contributed by atoms with Crippen LogP contribution in [0.2, 0.25) is 0 Å². The predicted molar refractivity (Wildman–Crippen MR) is 103 cm³/mol. The van der Waals surface area contributed by atoms with E-state index in [0.29, 0.717) is 11.2 Å². The van der Waals surface area contributed by atoms with Crippen molar-refractivity contribution < 1.29 is 9.47 Å². The summed E-state index contributed by atoms with van der Waals surface area (Å²) in [6.45, 7) is 7.64. The highest BCUT2D eigenvalue weighted by Gasteiger charge is 2.18. The van der Waals surface area contributed by atoms with Gasteiger partial charge in [0.1, 0.15) is 0 Å². The number of nitrogens with one attached hydrogen (secondary N) is 2. The van der Waals surface area contributed by atoms with E-state index in [2.05, 4.69) is 40.3 Å². The summed E-state index contributed by atoms with van der Waals surface area (Å²) in [5.41, 5.74) is 6.42. The van der Waals surface area contributed by atoms with Crippen molar-refractivity contribution >= 4 is 23.5 Å². The second-order valence-electron chi connectivity index (χ2n) is 6.79. The molecule has 0 bridgehead atoms. The van der Waals surface area contributed by atoms with Gasteiger partial charge in [0, 0.05) is 43.3 Å². The molecule has 138 valence electrons. The van der Waals surface area contributed by atoms with Crippen molar-refractivity contribution in [3.63, 3.8) is 0 Å². The number of hydrogen-bond acceptors (Lipinski definition) is 4. The molecule has 0 aliphatic carbocycles.